The number of nitriles is 1. The molecule has 0 aliphatic carbocycles. The molecule has 18 heavy (non-hydrogen) atoms. The Morgan fingerprint density at radius 2 is 2.11 bits per heavy atom. The van der Waals surface area contributed by atoms with E-state index in [1.54, 1.807) is 0 Å². The standard InChI is InChI=1S/C15H21N3/c16-10-14(13-6-2-1-3-7-13)12-18-9-5-4-8-15(18)11-17/h1-3,6-7,14-15H,4-5,8-9,11-12,17H2. The summed E-state index contributed by atoms with van der Waals surface area (Å²) in [7, 11) is 0. The quantitative estimate of drug-likeness (QED) is 0.881. The van der Waals surface area contributed by atoms with E-state index in [-0.39, 0.29) is 5.92 Å². The van der Waals surface area contributed by atoms with Crippen LogP contribution in [0.2, 0.25) is 0 Å². The van der Waals surface area contributed by atoms with Crippen LogP contribution in [0.4, 0.5) is 0 Å². The lowest BCUT2D eigenvalue weighted by Gasteiger charge is -2.36. The second-order valence-corrected chi connectivity index (χ2v) is 4.97. The Morgan fingerprint density at radius 3 is 2.78 bits per heavy atom. The van der Waals surface area contributed by atoms with Crippen LogP contribution in [0, 0.1) is 11.3 Å². The summed E-state index contributed by atoms with van der Waals surface area (Å²) < 4.78 is 0. The number of nitrogens with two attached hydrogens (primary N) is 1. The summed E-state index contributed by atoms with van der Waals surface area (Å²) in [5.41, 5.74) is 6.94. The highest BCUT2D eigenvalue weighted by atomic mass is 15.2. The number of rotatable bonds is 4. The molecule has 96 valence electrons. The van der Waals surface area contributed by atoms with E-state index in [0.29, 0.717) is 12.6 Å². The van der Waals surface area contributed by atoms with Gasteiger partial charge in [0.2, 0.25) is 0 Å². The highest BCUT2D eigenvalue weighted by molar-refractivity contribution is 5.25. The third-order valence-electron chi connectivity index (χ3n) is 3.80. The van der Waals surface area contributed by atoms with E-state index in [0.717, 1.165) is 18.7 Å². The maximum atomic E-state index is 9.36. The van der Waals surface area contributed by atoms with Gasteiger partial charge in [-0.25, -0.2) is 0 Å². The topological polar surface area (TPSA) is 53.0 Å². The summed E-state index contributed by atoms with van der Waals surface area (Å²) in [4.78, 5) is 2.39. The molecule has 1 heterocycles. The molecule has 0 radical (unpaired) electrons. The Balaban J connectivity index is 2.04. The number of hydrogen-bond acceptors (Lipinski definition) is 3. The summed E-state index contributed by atoms with van der Waals surface area (Å²) in [5, 5.41) is 9.36. The van der Waals surface area contributed by atoms with Crippen molar-refractivity contribution in [2.24, 2.45) is 5.73 Å². The second kappa shape index (κ2) is 6.53. The molecule has 1 saturated heterocycles. The molecule has 0 saturated carbocycles. The smallest absolute Gasteiger partial charge is 0.0839 e. The molecule has 2 N–H and O–H groups in total. The lowest BCUT2D eigenvalue weighted by molar-refractivity contribution is 0.150. The van der Waals surface area contributed by atoms with E-state index >= 15 is 0 Å². The van der Waals surface area contributed by atoms with E-state index in [1.165, 1.54) is 19.3 Å². The van der Waals surface area contributed by atoms with Crippen molar-refractivity contribution in [3.05, 3.63) is 35.9 Å². The number of nitrogens with zero attached hydrogens (tertiary/aromatic N) is 2. The van der Waals surface area contributed by atoms with E-state index in [4.69, 9.17) is 5.73 Å². The Morgan fingerprint density at radius 1 is 1.33 bits per heavy atom. The van der Waals surface area contributed by atoms with E-state index in [1.807, 2.05) is 30.3 Å². The van der Waals surface area contributed by atoms with Gasteiger partial charge in [-0.05, 0) is 24.9 Å². The summed E-state index contributed by atoms with van der Waals surface area (Å²) in [6.45, 7) is 2.59. The normalized spacial score (nSPS) is 22.3. The van der Waals surface area contributed by atoms with Crippen LogP contribution in [0.15, 0.2) is 30.3 Å². The number of benzene rings is 1. The highest BCUT2D eigenvalue weighted by Gasteiger charge is 2.24. The van der Waals surface area contributed by atoms with Crippen molar-refractivity contribution >= 4 is 0 Å². The molecule has 2 unspecified atom stereocenters. The Kier molecular flexibility index (Phi) is 4.74. The fourth-order valence-corrected chi connectivity index (χ4v) is 2.71. The first kappa shape index (κ1) is 13.1. The molecule has 2 rings (SSSR count). The Hall–Kier alpha value is -1.37. The molecule has 0 aromatic heterocycles. The SMILES string of the molecule is N#CC(CN1CCCCC1CN)c1ccccc1. The maximum Gasteiger partial charge on any atom is 0.0839 e. The predicted octanol–water partition coefficient (Wildman–Crippen LogP) is 2.11. The zero-order valence-corrected chi connectivity index (χ0v) is 10.8. The molecule has 1 aliphatic heterocycles. The van der Waals surface area contributed by atoms with Crippen molar-refractivity contribution in [2.75, 3.05) is 19.6 Å². The first-order chi connectivity index (χ1) is 8.85. The molecule has 1 aromatic carbocycles. The third-order valence-corrected chi connectivity index (χ3v) is 3.80. The van der Waals surface area contributed by atoms with Crippen LogP contribution < -0.4 is 5.73 Å². The molecular weight excluding hydrogens is 222 g/mol. The molecule has 1 fully saturated rings. The molecule has 0 spiro atoms. The molecule has 3 nitrogen and oxygen atoms in total. The molecule has 0 bridgehead atoms. The second-order valence-electron chi connectivity index (χ2n) is 4.97. The van der Waals surface area contributed by atoms with Gasteiger partial charge in [0.15, 0.2) is 0 Å². The highest BCUT2D eigenvalue weighted by Crippen LogP contribution is 2.22. The van der Waals surface area contributed by atoms with Gasteiger partial charge in [0.1, 0.15) is 0 Å². The zero-order valence-electron chi connectivity index (χ0n) is 10.8. The third kappa shape index (κ3) is 3.10. The van der Waals surface area contributed by atoms with Crippen molar-refractivity contribution < 1.29 is 0 Å². The number of likely N-dealkylation sites (tertiary alicyclic amines) is 1. The van der Waals surface area contributed by atoms with Gasteiger partial charge in [-0.3, -0.25) is 4.90 Å². The van der Waals surface area contributed by atoms with Crippen LogP contribution >= 0.6 is 0 Å². The van der Waals surface area contributed by atoms with Gasteiger partial charge in [0, 0.05) is 19.1 Å². The summed E-state index contributed by atoms with van der Waals surface area (Å²) in [6.07, 6.45) is 3.66. The largest absolute Gasteiger partial charge is 0.329 e. The summed E-state index contributed by atoms with van der Waals surface area (Å²) >= 11 is 0. The zero-order chi connectivity index (χ0) is 12.8. The molecular formula is C15H21N3. The minimum Gasteiger partial charge on any atom is -0.329 e. The van der Waals surface area contributed by atoms with Crippen molar-refractivity contribution in [1.29, 1.82) is 5.26 Å². The fourth-order valence-electron chi connectivity index (χ4n) is 2.71. The first-order valence-corrected chi connectivity index (χ1v) is 6.74. The molecule has 2 atom stereocenters. The Labute approximate surface area is 109 Å². The van der Waals surface area contributed by atoms with E-state index < -0.39 is 0 Å². The lowest BCUT2D eigenvalue weighted by atomic mass is 9.96. The summed E-state index contributed by atoms with van der Waals surface area (Å²) in [5.74, 6) is -0.0432. The van der Waals surface area contributed by atoms with Gasteiger partial charge in [0.25, 0.3) is 0 Å². The minimum absolute atomic E-state index is 0.0432. The van der Waals surface area contributed by atoms with Crippen LogP contribution in [0.5, 0.6) is 0 Å². The molecule has 0 amide bonds. The van der Waals surface area contributed by atoms with Gasteiger partial charge in [-0.15, -0.1) is 0 Å². The summed E-state index contributed by atoms with van der Waals surface area (Å²) in [6, 6.07) is 12.9. The van der Waals surface area contributed by atoms with Crippen LogP contribution in [-0.4, -0.2) is 30.6 Å². The average Bonchev–Trinajstić information content (AvgIpc) is 2.46. The van der Waals surface area contributed by atoms with Crippen LogP contribution in [0.1, 0.15) is 30.7 Å². The minimum atomic E-state index is -0.0432. The molecule has 1 aliphatic rings. The van der Waals surface area contributed by atoms with E-state index in [9.17, 15) is 5.26 Å². The Bertz CT molecular complexity index is 396. The average molecular weight is 243 g/mol. The number of hydrogen-bond donors (Lipinski definition) is 1. The number of piperidine rings is 1. The van der Waals surface area contributed by atoms with Crippen molar-refractivity contribution in [3.8, 4) is 6.07 Å². The van der Waals surface area contributed by atoms with Gasteiger partial charge in [-0.2, -0.15) is 5.26 Å². The van der Waals surface area contributed by atoms with Crippen LogP contribution in [0.3, 0.4) is 0 Å². The van der Waals surface area contributed by atoms with Crippen LogP contribution in [-0.2, 0) is 0 Å². The fraction of sp³-hybridized carbons (Fsp3) is 0.533. The van der Waals surface area contributed by atoms with Crippen LogP contribution in [0.25, 0.3) is 0 Å². The van der Waals surface area contributed by atoms with Crippen molar-refractivity contribution in [2.45, 2.75) is 31.2 Å². The van der Waals surface area contributed by atoms with Gasteiger partial charge >= 0.3 is 0 Å². The van der Waals surface area contributed by atoms with Crippen molar-refractivity contribution in [1.82, 2.24) is 4.90 Å². The molecule has 3 heteroatoms. The lowest BCUT2D eigenvalue weighted by Crippen LogP contribution is -2.45. The van der Waals surface area contributed by atoms with Gasteiger partial charge in [0.05, 0.1) is 12.0 Å². The van der Waals surface area contributed by atoms with E-state index in [2.05, 4.69) is 11.0 Å². The monoisotopic (exact) mass is 243 g/mol. The van der Waals surface area contributed by atoms with Gasteiger partial charge < -0.3 is 5.73 Å². The first-order valence-electron chi connectivity index (χ1n) is 6.74. The predicted molar refractivity (Wildman–Crippen MR) is 73.1 cm³/mol. The maximum absolute atomic E-state index is 9.36. The molecule has 1 aromatic rings. The van der Waals surface area contributed by atoms with Crippen molar-refractivity contribution in [3.63, 3.8) is 0 Å². The van der Waals surface area contributed by atoms with Gasteiger partial charge in [-0.1, -0.05) is 36.8 Å².